The van der Waals surface area contributed by atoms with Crippen LogP contribution >= 0.6 is 11.8 Å². The fourth-order valence-corrected chi connectivity index (χ4v) is 1.63. The van der Waals surface area contributed by atoms with Gasteiger partial charge in [-0.15, -0.1) is 11.8 Å². The van der Waals surface area contributed by atoms with Crippen LogP contribution in [0.3, 0.4) is 0 Å². The van der Waals surface area contributed by atoms with Gasteiger partial charge in [-0.25, -0.2) is 4.39 Å². The van der Waals surface area contributed by atoms with Crippen molar-refractivity contribution in [2.75, 3.05) is 5.75 Å². The third-order valence-corrected chi connectivity index (χ3v) is 2.32. The maximum atomic E-state index is 12.7. The van der Waals surface area contributed by atoms with Gasteiger partial charge in [0.1, 0.15) is 5.82 Å². The van der Waals surface area contributed by atoms with Crippen molar-refractivity contribution in [2.45, 2.75) is 18.7 Å². The minimum Gasteiger partial charge on any atom is -0.207 e. The molecule has 0 radical (unpaired) electrons. The van der Waals surface area contributed by atoms with Gasteiger partial charge in [0.2, 0.25) is 0 Å². The van der Waals surface area contributed by atoms with Gasteiger partial charge >= 0.3 is 0 Å². The topological polar surface area (TPSA) is 0 Å². The fraction of sp³-hybridized carbons (Fsp3) is 0.333. The Kier molecular flexibility index (Phi) is 2.94. The molecule has 0 amide bonds. The number of benzene rings is 1. The Labute approximate surface area is 70.8 Å². The second kappa shape index (κ2) is 3.77. The van der Waals surface area contributed by atoms with E-state index in [1.54, 1.807) is 18.7 Å². The van der Waals surface area contributed by atoms with Gasteiger partial charge in [-0.05, 0) is 36.4 Å². The maximum absolute atomic E-state index is 12.7. The molecule has 0 aliphatic rings. The van der Waals surface area contributed by atoms with Gasteiger partial charge in [0.05, 0.1) is 0 Å². The molecule has 0 saturated carbocycles. The van der Waals surface area contributed by atoms with E-state index in [0.717, 1.165) is 16.2 Å². The molecule has 0 nitrogen and oxygen atoms in total. The molecule has 0 aliphatic carbocycles. The zero-order chi connectivity index (χ0) is 8.27. The van der Waals surface area contributed by atoms with Crippen LogP contribution in [-0.4, -0.2) is 5.75 Å². The van der Waals surface area contributed by atoms with Crippen molar-refractivity contribution in [2.24, 2.45) is 0 Å². The molecule has 1 rings (SSSR count). The monoisotopic (exact) mass is 170 g/mol. The summed E-state index contributed by atoms with van der Waals surface area (Å²) in [7, 11) is 0. The number of rotatable bonds is 2. The second-order valence-electron chi connectivity index (χ2n) is 2.34. The van der Waals surface area contributed by atoms with Crippen LogP contribution in [0.2, 0.25) is 0 Å². The smallest absolute Gasteiger partial charge is 0.126 e. The molecule has 0 atom stereocenters. The molecular formula is C9H11FS. The molecule has 1 aromatic carbocycles. The lowest BCUT2D eigenvalue weighted by atomic mass is 10.2. The largest absolute Gasteiger partial charge is 0.207 e. The Bertz CT molecular complexity index is 245. The molecule has 0 aliphatic heterocycles. The lowest BCUT2D eigenvalue weighted by Gasteiger charge is -2.00. The van der Waals surface area contributed by atoms with Gasteiger partial charge in [0.15, 0.2) is 0 Å². The van der Waals surface area contributed by atoms with E-state index in [-0.39, 0.29) is 5.82 Å². The van der Waals surface area contributed by atoms with Crippen LogP contribution in [0.1, 0.15) is 12.5 Å². The Morgan fingerprint density at radius 2 is 2.18 bits per heavy atom. The summed E-state index contributed by atoms with van der Waals surface area (Å²) in [6.45, 7) is 3.87. The highest BCUT2D eigenvalue weighted by Gasteiger charge is 1.97. The second-order valence-corrected chi connectivity index (χ2v) is 3.68. The Morgan fingerprint density at radius 1 is 1.45 bits per heavy atom. The van der Waals surface area contributed by atoms with Crippen LogP contribution in [0.15, 0.2) is 23.1 Å². The SMILES string of the molecule is CCSc1ccc(F)c(C)c1. The van der Waals surface area contributed by atoms with Crippen molar-refractivity contribution in [3.8, 4) is 0 Å². The van der Waals surface area contributed by atoms with E-state index in [9.17, 15) is 4.39 Å². The number of aryl methyl sites for hydroxylation is 1. The summed E-state index contributed by atoms with van der Waals surface area (Å²) < 4.78 is 12.7. The highest BCUT2D eigenvalue weighted by Crippen LogP contribution is 2.19. The van der Waals surface area contributed by atoms with Crippen LogP contribution < -0.4 is 0 Å². The highest BCUT2D eigenvalue weighted by molar-refractivity contribution is 7.99. The summed E-state index contributed by atoms with van der Waals surface area (Å²) in [6.07, 6.45) is 0. The number of hydrogen-bond donors (Lipinski definition) is 0. The van der Waals surface area contributed by atoms with Crippen molar-refractivity contribution in [3.63, 3.8) is 0 Å². The summed E-state index contributed by atoms with van der Waals surface area (Å²) in [6, 6.07) is 5.22. The summed E-state index contributed by atoms with van der Waals surface area (Å²) in [5.74, 6) is 0.913. The first-order valence-electron chi connectivity index (χ1n) is 3.63. The molecule has 60 valence electrons. The van der Waals surface area contributed by atoms with E-state index < -0.39 is 0 Å². The fourth-order valence-electron chi connectivity index (χ4n) is 0.874. The minimum atomic E-state index is -0.120. The average Bonchev–Trinajstić information content (AvgIpc) is 1.98. The summed E-state index contributed by atoms with van der Waals surface area (Å²) in [5, 5.41) is 0. The van der Waals surface area contributed by atoms with Gasteiger partial charge in [0.25, 0.3) is 0 Å². The standard InChI is InChI=1S/C9H11FS/c1-3-11-8-4-5-9(10)7(2)6-8/h4-6H,3H2,1-2H3. The summed E-state index contributed by atoms with van der Waals surface area (Å²) in [5.41, 5.74) is 0.725. The molecule has 0 fully saturated rings. The Balaban J connectivity index is 2.86. The number of halogens is 1. The molecule has 1 aromatic rings. The lowest BCUT2D eigenvalue weighted by Crippen LogP contribution is -1.81. The average molecular weight is 170 g/mol. The zero-order valence-electron chi connectivity index (χ0n) is 6.73. The van der Waals surface area contributed by atoms with Crippen LogP contribution in [0.5, 0.6) is 0 Å². The first-order chi connectivity index (χ1) is 5.24. The first-order valence-corrected chi connectivity index (χ1v) is 4.61. The van der Waals surface area contributed by atoms with Crippen molar-refractivity contribution in [1.29, 1.82) is 0 Å². The van der Waals surface area contributed by atoms with Crippen LogP contribution in [-0.2, 0) is 0 Å². The van der Waals surface area contributed by atoms with Crippen LogP contribution in [0.4, 0.5) is 4.39 Å². The van der Waals surface area contributed by atoms with Gasteiger partial charge in [0, 0.05) is 4.90 Å². The zero-order valence-corrected chi connectivity index (χ0v) is 7.54. The molecule has 0 bridgehead atoms. The van der Waals surface area contributed by atoms with E-state index in [1.165, 1.54) is 6.07 Å². The van der Waals surface area contributed by atoms with Crippen molar-refractivity contribution in [3.05, 3.63) is 29.6 Å². The van der Waals surface area contributed by atoms with E-state index in [2.05, 4.69) is 6.92 Å². The highest BCUT2D eigenvalue weighted by atomic mass is 32.2. The van der Waals surface area contributed by atoms with E-state index >= 15 is 0 Å². The van der Waals surface area contributed by atoms with E-state index in [1.807, 2.05) is 12.1 Å². The Morgan fingerprint density at radius 3 is 2.73 bits per heavy atom. The molecule has 0 unspecified atom stereocenters. The molecule has 11 heavy (non-hydrogen) atoms. The molecule has 0 heterocycles. The molecule has 0 saturated heterocycles. The maximum Gasteiger partial charge on any atom is 0.126 e. The van der Waals surface area contributed by atoms with Gasteiger partial charge < -0.3 is 0 Å². The summed E-state index contributed by atoms with van der Waals surface area (Å²) >= 11 is 1.73. The lowest BCUT2D eigenvalue weighted by molar-refractivity contribution is 0.617. The molecular weight excluding hydrogens is 159 g/mol. The van der Waals surface area contributed by atoms with Crippen LogP contribution in [0.25, 0.3) is 0 Å². The Hall–Kier alpha value is -0.500. The van der Waals surface area contributed by atoms with Gasteiger partial charge in [-0.2, -0.15) is 0 Å². The predicted molar refractivity (Wildman–Crippen MR) is 47.5 cm³/mol. The third-order valence-electron chi connectivity index (χ3n) is 1.44. The van der Waals surface area contributed by atoms with E-state index in [0.29, 0.717) is 0 Å². The molecule has 0 N–H and O–H groups in total. The normalized spacial score (nSPS) is 10.1. The minimum absolute atomic E-state index is 0.120. The van der Waals surface area contributed by atoms with Gasteiger partial charge in [-0.3, -0.25) is 0 Å². The van der Waals surface area contributed by atoms with Crippen LogP contribution in [0, 0.1) is 12.7 Å². The van der Waals surface area contributed by atoms with Crippen molar-refractivity contribution < 1.29 is 4.39 Å². The molecule has 0 spiro atoms. The van der Waals surface area contributed by atoms with Crippen molar-refractivity contribution in [1.82, 2.24) is 0 Å². The van der Waals surface area contributed by atoms with Gasteiger partial charge in [-0.1, -0.05) is 6.92 Å². The third kappa shape index (κ3) is 2.22. The number of hydrogen-bond acceptors (Lipinski definition) is 1. The number of thioether (sulfide) groups is 1. The summed E-state index contributed by atoms with van der Waals surface area (Å²) in [4.78, 5) is 1.14. The quantitative estimate of drug-likeness (QED) is 0.614. The van der Waals surface area contributed by atoms with Crippen molar-refractivity contribution >= 4 is 11.8 Å². The van der Waals surface area contributed by atoms with E-state index in [4.69, 9.17) is 0 Å². The molecule has 2 heteroatoms. The predicted octanol–water partition coefficient (Wildman–Crippen LogP) is 3.25. The first kappa shape index (κ1) is 8.60. The molecule has 0 aromatic heterocycles.